The SMILES string of the molecule is C[C@@H](O)[C@H]1C(=O)N2C(C(=O)O)=C(S[C@@H]3C[NH2+][C@H](C(=O)Nc4cccc(C(=O)O)c4)C3)[C@H](C)[C@@H]12. The van der Waals surface area contributed by atoms with Crippen molar-refractivity contribution in [2.45, 2.75) is 43.7 Å². The number of aliphatic hydroxyl groups is 1. The third-order valence-electron chi connectivity index (χ3n) is 6.52. The molecule has 4 rings (SSSR count). The Morgan fingerprint density at radius 3 is 2.61 bits per heavy atom. The molecular weight excluding hydrogens is 450 g/mol. The molecule has 0 spiro atoms. The van der Waals surface area contributed by atoms with Gasteiger partial charge in [0.1, 0.15) is 5.70 Å². The third kappa shape index (κ3) is 4.11. The van der Waals surface area contributed by atoms with Gasteiger partial charge in [-0.15, -0.1) is 11.8 Å². The average molecular weight is 477 g/mol. The van der Waals surface area contributed by atoms with Gasteiger partial charge < -0.3 is 30.9 Å². The molecule has 1 aromatic carbocycles. The van der Waals surface area contributed by atoms with E-state index >= 15 is 0 Å². The lowest BCUT2D eigenvalue weighted by atomic mass is 9.79. The first-order valence-corrected chi connectivity index (χ1v) is 11.6. The summed E-state index contributed by atoms with van der Waals surface area (Å²) in [6.07, 6.45) is -0.357. The number of carboxylic acids is 2. The Bertz CT molecular complexity index is 1060. The maximum atomic E-state index is 12.7. The molecule has 0 bridgehead atoms. The first-order chi connectivity index (χ1) is 15.6. The number of fused-ring (bicyclic) bond motifs is 1. The number of nitrogens with two attached hydrogens (primary N) is 1. The Hall–Kier alpha value is -2.89. The van der Waals surface area contributed by atoms with Crippen LogP contribution in [0.3, 0.4) is 0 Å². The number of anilines is 1. The van der Waals surface area contributed by atoms with Crippen LogP contribution in [0.15, 0.2) is 34.9 Å². The Balaban J connectivity index is 1.43. The topological polar surface area (TPSA) is 161 Å². The lowest BCUT2D eigenvalue weighted by molar-refractivity contribution is -0.656. The molecule has 0 aliphatic carbocycles. The van der Waals surface area contributed by atoms with Crippen molar-refractivity contribution in [2.24, 2.45) is 11.8 Å². The van der Waals surface area contributed by atoms with E-state index < -0.39 is 30.0 Å². The molecule has 2 amide bonds. The quantitative estimate of drug-likeness (QED) is 0.341. The van der Waals surface area contributed by atoms with E-state index in [0.29, 0.717) is 23.6 Å². The molecule has 10 nitrogen and oxygen atoms in total. The van der Waals surface area contributed by atoms with E-state index in [-0.39, 0.29) is 40.3 Å². The molecular formula is C22H26N3O7S+. The molecule has 33 heavy (non-hydrogen) atoms. The smallest absolute Gasteiger partial charge is 0.353 e. The number of carbonyl (C=O) groups excluding carboxylic acids is 2. The number of amides is 2. The minimum atomic E-state index is -1.17. The van der Waals surface area contributed by atoms with E-state index in [9.17, 15) is 29.4 Å². The Kier molecular flexibility index (Phi) is 6.21. The van der Waals surface area contributed by atoms with Crippen LogP contribution in [-0.4, -0.2) is 74.0 Å². The minimum absolute atomic E-state index is 0.0159. The van der Waals surface area contributed by atoms with Crippen molar-refractivity contribution in [1.82, 2.24) is 4.90 Å². The summed E-state index contributed by atoms with van der Waals surface area (Å²) in [5.74, 6) is -3.69. The van der Waals surface area contributed by atoms with Gasteiger partial charge in [0.05, 0.1) is 35.4 Å². The lowest BCUT2D eigenvalue weighted by Gasteiger charge is -2.46. The van der Waals surface area contributed by atoms with Crippen LogP contribution in [0.2, 0.25) is 0 Å². The van der Waals surface area contributed by atoms with Crippen LogP contribution in [0.1, 0.15) is 30.6 Å². The van der Waals surface area contributed by atoms with E-state index in [1.54, 1.807) is 19.1 Å². The van der Waals surface area contributed by atoms with Crippen molar-refractivity contribution in [3.63, 3.8) is 0 Å². The number of carboxylic acid groups (broad SMARTS) is 2. The highest BCUT2D eigenvalue weighted by atomic mass is 32.2. The van der Waals surface area contributed by atoms with Gasteiger partial charge in [0.2, 0.25) is 5.91 Å². The summed E-state index contributed by atoms with van der Waals surface area (Å²) < 4.78 is 0. The minimum Gasteiger partial charge on any atom is -0.478 e. The molecule has 3 heterocycles. The number of nitrogens with one attached hydrogen (secondary N) is 1. The summed E-state index contributed by atoms with van der Waals surface area (Å²) in [5.41, 5.74) is 0.462. The second-order valence-electron chi connectivity index (χ2n) is 8.70. The summed E-state index contributed by atoms with van der Waals surface area (Å²) in [7, 11) is 0. The fourth-order valence-corrected chi connectivity index (χ4v) is 6.45. The summed E-state index contributed by atoms with van der Waals surface area (Å²) in [6, 6.07) is 5.25. The number of hydrogen-bond donors (Lipinski definition) is 5. The van der Waals surface area contributed by atoms with Crippen LogP contribution in [0, 0.1) is 11.8 Å². The number of carbonyl (C=O) groups is 4. The Labute approximate surface area is 194 Å². The molecule has 176 valence electrons. The zero-order valence-corrected chi connectivity index (χ0v) is 18.9. The van der Waals surface area contributed by atoms with Gasteiger partial charge in [0.25, 0.3) is 5.91 Å². The van der Waals surface area contributed by atoms with Gasteiger partial charge in [-0.05, 0) is 25.1 Å². The van der Waals surface area contributed by atoms with E-state index in [1.165, 1.54) is 28.8 Å². The molecule has 0 saturated carbocycles. The first kappa shape index (κ1) is 23.3. The molecule has 6 atom stereocenters. The van der Waals surface area contributed by atoms with Gasteiger partial charge >= 0.3 is 11.9 Å². The standard InChI is InChI=1S/C22H25N3O7S/c1-9-16-15(10(2)26)20(28)25(16)17(22(31)32)18(9)33-13-7-14(23-8-13)19(27)24-12-5-3-4-11(6-12)21(29)30/h3-6,9-10,13-16,23,26H,7-8H2,1-2H3,(H,24,27)(H,29,30)(H,31,32)/p+1/t9-,10-,13+,14+,15-,16+/m1/s1. The molecule has 3 aliphatic heterocycles. The van der Waals surface area contributed by atoms with Crippen molar-refractivity contribution < 1.29 is 39.8 Å². The highest BCUT2D eigenvalue weighted by molar-refractivity contribution is 8.03. The summed E-state index contributed by atoms with van der Waals surface area (Å²) in [5, 5.41) is 33.4. The molecule has 6 N–H and O–H groups in total. The zero-order chi connectivity index (χ0) is 24.0. The van der Waals surface area contributed by atoms with Crippen LogP contribution in [-0.2, 0) is 14.4 Å². The Morgan fingerprint density at radius 1 is 1.24 bits per heavy atom. The number of aliphatic hydroxyl groups excluding tert-OH is 1. The normalized spacial score (nSPS) is 29.5. The molecule has 1 aromatic rings. The molecule has 2 fully saturated rings. The van der Waals surface area contributed by atoms with Crippen LogP contribution in [0.5, 0.6) is 0 Å². The second kappa shape index (κ2) is 8.81. The Morgan fingerprint density at radius 2 is 1.97 bits per heavy atom. The van der Waals surface area contributed by atoms with Crippen molar-refractivity contribution in [1.29, 1.82) is 0 Å². The monoisotopic (exact) mass is 476 g/mol. The zero-order valence-electron chi connectivity index (χ0n) is 18.1. The van der Waals surface area contributed by atoms with Crippen LogP contribution >= 0.6 is 11.8 Å². The number of hydrogen-bond acceptors (Lipinski definition) is 6. The second-order valence-corrected chi connectivity index (χ2v) is 10.0. The van der Waals surface area contributed by atoms with Crippen LogP contribution in [0.4, 0.5) is 5.69 Å². The third-order valence-corrected chi connectivity index (χ3v) is 8.06. The van der Waals surface area contributed by atoms with Gasteiger partial charge in [-0.3, -0.25) is 9.59 Å². The van der Waals surface area contributed by atoms with Crippen molar-refractivity contribution in [2.75, 3.05) is 11.9 Å². The molecule has 0 radical (unpaired) electrons. The lowest BCUT2D eigenvalue weighted by Crippen LogP contribution is -2.89. The fourth-order valence-electron chi connectivity index (χ4n) is 4.93. The van der Waals surface area contributed by atoms with Gasteiger partial charge in [-0.25, -0.2) is 9.59 Å². The first-order valence-electron chi connectivity index (χ1n) is 10.7. The highest BCUT2D eigenvalue weighted by Crippen LogP contribution is 2.51. The summed E-state index contributed by atoms with van der Waals surface area (Å²) in [4.78, 5) is 50.2. The number of aliphatic carboxylic acids is 1. The summed E-state index contributed by atoms with van der Waals surface area (Å²) in [6.45, 7) is 4.01. The van der Waals surface area contributed by atoms with E-state index in [4.69, 9.17) is 5.11 Å². The van der Waals surface area contributed by atoms with Gasteiger partial charge in [-0.1, -0.05) is 13.0 Å². The average Bonchev–Trinajstić information content (AvgIpc) is 3.30. The maximum Gasteiger partial charge on any atom is 0.353 e. The molecule has 0 aromatic heterocycles. The van der Waals surface area contributed by atoms with Crippen LogP contribution in [0.25, 0.3) is 0 Å². The van der Waals surface area contributed by atoms with Crippen molar-refractivity contribution in [3.8, 4) is 0 Å². The van der Waals surface area contributed by atoms with Gasteiger partial charge in [-0.2, -0.15) is 0 Å². The van der Waals surface area contributed by atoms with Crippen molar-refractivity contribution in [3.05, 3.63) is 40.4 Å². The maximum absolute atomic E-state index is 12.7. The summed E-state index contributed by atoms with van der Waals surface area (Å²) >= 11 is 1.39. The predicted octanol–water partition coefficient (Wildman–Crippen LogP) is -0.0855. The number of thioether (sulfide) groups is 1. The molecule has 2 saturated heterocycles. The number of benzene rings is 1. The number of aromatic carboxylic acids is 1. The largest absolute Gasteiger partial charge is 0.478 e. The van der Waals surface area contributed by atoms with Gasteiger partial charge in [0, 0.05) is 22.9 Å². The number of β-lactam (4-membered cyclic amide) rings is 1. The van der Waals surface area contributed by atoms with E-state index in [1.807, 2.05) is 12.2 Å². The van der Waals surface area contributed by atoms with E-state index in [2.05, 4.69) is 5.32 Å². The molecule has 3 aliphatic rings. The van der Waals surface area contributed by atoms with E-state index in [0.717, 1.165) is 0 Å². The molecule has 11 heteroatoms. The van der Waals surface area contributed by atoms with Gasteiger partial charge in [0.15, 0.2) is 6.04 Å². The molecule has 0 unspecified atom stereocenters. The predicted molar refractivity (Wildman–Crippen MR) is 118 cm³/mol. The van der Waals surface area contributed by atoms with Crippen LogP contribution < -0.4 is 10.6 Å². The number of rotatable bonds is 7. The highest BCUT2D eigenvalue weighted by Gasteiger charge is 2.60. The number of nitrogens with zero attached hydrogens (tertiary/aromatic N) is 1. The van der Waals surface area contributed by atoms with Crippen molar-refractivity contribution >= 4 is 41.2 Å². The number of quaternary nitrogens is 1. The fraction of sp³-hybridized carbons (Fsp3) is 0.455.